The van der Waals surface area contributed by atoms with Crippen LogP contribution in [0.5, 0.6) is 0 Å². The maximum absolute atomic E-state index is 9.35. The number of nitrogens with one attached hydrogen (secondary N) is 1. The van der Waals surface area contributed by atoms with Gasteiger partial charge in [-0.3, -0.25) is 4.68 Å². The third kappa shape index (κ3) is 3.10. The number of fused-ring (bicyclic) bond motifs is 1. The van der Waals surface area contributed by atoms with E-state index in [0.29, 0.717) is 17.8 Å². The van der Waals surface area contributed by atoms with Gasteiger partial charge in [0.15, 0.2) is 11.6 Å². The number of anilines is 1. The van der Waals surface area contributed by atoms with Crippen molar-refractivity contribution in [3.8, 4) is 22.2 Å². The third-order valence-corrected chi connectivity index (χ3v) is 6.80. The number of imidazole rings is 1. The second kappa shape index (κ2) is 6.93. The van der Waals surface area contributed by atoms with Crippen LogP contribution in [-0.2, 0) is 14.1 Å². The number of aliphatic hydroxyl groups is 1. The molecule has 0 unspecified atom stereocenters. The minimum absolute atomic E-state index is 0.247. The predicted octanol–water partition coefficient (Wildman–Crippen LogP) is 2.98. The Morgan fingerprint density at radius 3 is 2.72 bits per heavy atom. The van der Waals surface area contributed by atoms with Gasteiger partial charge in [0.05, 0.1) is 10.3 Å². The number of aliphatic hydroxyl groups excluding tert-OH is 1. The number of hydrogen-bond donors (Lipinski definition) is 2. The quantitative estimate of drug-likeness (QED) is 0.526. The zero-order chi connectivity index (χ0) is 20.1. The molecule has 8 nitrogen and oxygen atoms in total. The van der Waals surface area contributed by atoms with Crippen LogP contribution in [0, 0.1) is 12.8 Å². The lowest BCUT2D eigenvalue weighted by Crippen LogP contribution is -2.37. The Bertz CT molecular complexity index is 1190. The second-order valence-corrected chi connectivity index (χ2v) is 8.73. The van der Waals surface area contributed by atoms with Crippen molar-refractivity contribution in [1.29, 1.82) is 0 Å². The standard InChI is InChI=1S/C20H23N7OS/c1-11-15-17(22-13-8-12(9-13)10-28)23-18(19-21-5-7-26(19)2)24-20(15)29-16(11)14-4-6-27(3)25-14/h4-7,12-13,28H,8-10H2,1-3H3,(H,22,23,24). The molecule has 2 N–H and O–H groups in total. The molecule has 4 heterocycles. The summed E-state index contributed by atoms with van der Waals surface area (Å²) in [5, 5.41) is 18.6. The molecule has 150 valence electrons. The van der Waals surface area contributed by atoms with E-state index in [2.05, 4.69) is 22.3 Å². The van der Waals surface area contributed by atoms with Crippen LogP contribution < -0.4 is 5.32 Å². The molecule has 0 aliphatic heterocycles. The number of nitrogens with zero attached hydrogens (tertiary/aromatic N) is 6. The van der Waals surface area contributed by atoms with Crippen molar-refractivity contribution >= 4 is 27.4 Å². The van der Waals surface area contributed by atoms with Crippen molar-refractivity contribution in [3.63, 3.8) is 0 Å². The van der Waals surface area contributed by atoms with E-state index in [1.165, 1.54) is 0 Å². The van der Waals surface area contributed by atoms with Crippen LogP contribution in [0.15, 0.2) is 24.7 Å². The van der Waals surface area contributed by atoms with E-state index in [1.807, 2.05) is 41.8 Å². The molecule has 0 saturated heterocycles. The molecule has 9 heteroatoms. The summed E-state index contributed by atoms with van der Waals surface area (Å²) in [5.41, 5.74) is 2.08. The minimum Gasteiger partial charge on any atom is -0.396 e. The molecule has 4 aromatic heterocycles. The zero-order valence-corrected chi connectivity index (χ0v) is 17.4. The molecule has 0 radical (unpaired) electrons. The predicted molar refractivity (Wildman–Crippen MR) is 114 cm³/mol. The first-order valence-corrected chi connectivity index (χ1v) is 10.5. The van der Waals surface area contributed by atoms with E-state index in [4.69, 9.17) is 9.97 Å². The summed E-state index contributed by atoms with van der Waals surface area (Å²) in [7, 11) is 3.87. The van der Waals surface area contributed by atoms with Crippen molar-refractivity contribution in [2.24, 2.45) is 20.0 Å². The molecule has 1 fully saturated rings. The second-order valence-electron chi connectivity index (χ2n) is 7.73. The Morgan fingerprint density at radius 1 is 1.24 bits per heavy atom. The summed E-state index contributed by atoms with van der Waals surface area (Å²) in [6, 6.07) is 2.34. The molecule has 1 saturated carbocycles. The molecular formula is C20H23N7OS. The van der Waals surface area contributed by atoms with Gasteiger partial charge < -0.3 is 15.0 Å². The van der Waals surface area contributed by atoms with Crippen molar-refractivity contribution in [2.45, 2.75) is 25.8 Å². The molecule has 5 rings (SSSR count). The van der Waals surface area contributed by atoms with E-state index in [1.54, 1.807) is 17.5 Å². The van der Waals surface area contributed by atoms with Crippen LogP contribution in [0.2, 0.25) is 0 Å². The monoisotopic (exact) mass is 409 g/mol. The first-order chi connectivity index (χ1) is 14.0. The Hall–Kier alpha value is -2.78. The van der Waals surface area contributed by atoms with Crippen LogP contribution in [0.4, 0.5) is 5.82 Å². The van der Waals surface area contributed by atoms with Gasteiger partial charge in [-0.15, -0.1) is 11.3 Å². The fourth-order valence-electron chi connectivity index (χ4n) is 3.90. The highest BCUT2D eigenvalue weighted by molar-refractivity contribution is 7.22. The fourth-order valence-corrected chi connectivity index (χ4v) is 5.05. The molecule has 1 aliphatic carbocycles. The average Bonchev–Trinajstić information content (AvgIpc) is 3.36. The highest BCUT2D eigenvalue weighted by Gasteiger charge is 2.30. The van der Waals surface area contributed by atoms with Crippen molar-refractivity contribution in [3.05, 3.63) is 30.2 Å². The van der Waals surface area contributed by atoms with Crippen LogP contribution in [0.1, 0.15) is 18.4 Å². The number of thiophene rings is 1. The van der Waals surface area contributed by atoms with E-state index < -0.39 is 0 Å². The smallest absolute Gasteiger partial charge is 0.199 e. The van der Waals surface area contributed by atoms with Gasteiger partial charge in [0.1, 0.15) is 16.3 Å². The third-order valence-electron chi connectivity index (χ3n) is 5.59. The van der Waals surface area contributed by atoms with Gasteiger partial charge in [0.2, 0.25) is 0 Å². The van der Waals surface area contributed by atoms with Crippen LogP contribution >= 0.6 is 11.3 Å². The molecule has 0 amide bonds. The molecular weight excluding hydrogens is 386 g/mol. The Morgan fingerprint density at radius 2 is 2.07 bits per heavy atom. The summed E-state index contributed by atoms with van der Waals surface area (Å²) in [6.07, 6.45) is 7.51. The Balaban J connectivity index is 1.64. The Kier molecular flexibility index (Phi) is 4.36. The lowest BCUT2D eigenvalue weighted by molar-refractivity contribution is 0.151. The molecule has 29 heavy (non-hydrogen) atoms. The van der Waals surface area contributed by atoms with E-state index in [9.17, 15) is 5.11 Å². The number of aryl methyl sites for hydroxylation is 3. The normalized spacial score (nSPS) is 18.9. The summed E-state index contributed by atoms with van der Waals surface area (Å²) < 4.78 is 3.74. The lowest BCUT2D eigenvalue weighted by Gasteiger charge is -2.35. The number of hydrogen-bond acceptors (Lipinski definition) is 7. The first-order valence-electron chi connectivity index (χ1n) is 9.69. The largest absolute Gasteiger partial charge is 0.396 e. The average molecular weight is 410 g/mol. The summed E-state index contributed by atoms with van der Waals surface area (Å²) in [4.78, 5) is 16.2. The SMILES string of the molecule is Cc1c(-c2ccn(C)n2)sc2nc(-c3nccn3C)nc(NC3CC(CO)C3)c12. The van der Waals surface area contributed by atoms with Crippen LogP contribution in [0.3, 0.4) is 0 Å². The van der Waals surface area contributed by atoms with E-state index in [0.717, 1.165) is 50.8 Å². The van der Waals surface area contributed by atoms with Gasteiger partial charge in [0, 0.05) is 45.3 Å². The fraction of sp³-hybridized carbons (Fsp3) is 0.400. The Labute approximate surface area is 172 Å². The molecule has 0 bridgehead atoms. The highest BCUT2D eigenvalue weighted by atomic mass is 32.1. The maximum atomic E-state index is 9.35. The molecule has 0 aromatic carbocycles. The van der Waals surface area contributed by atoms with Crippen molar-refractivity contribution in [2.75, 3.05) is 11.9 Å². The van der Waals surface area contributed by atoms with Crippen LogP contribution in [0.25, 0.3) is 32.4 Å². The van der Waals surface area contributed by atoms with Gasteiger partial charge in [-0.1, -0.05) is 0 Å². The summed E-state index contributed by atoms with van der Waals surface area (Å²) in [6.45, 7) is 2.35. The van der Waals surface area contributed by atoms with Gasteiger partial charge in [-0.05, 0) is 37.3 Å². The topological polar surface area (TPSA) is 93.7 Å². The number of rotatable bonds is 5. The molecule has 0 atom stereocenters. The molecule has 4 aromatic rings. The van der Waals surface area contributed by atoms with Crippen molar-refractivity contribution in [1.82, 2.24) is 29.3 Å². The summed E-state index contributed by atoms with van der Waals surface area (Å²) >= 11 is 1.64. The maximum Gasteiger partial charge on any atom is 0.199 e. The number of aromatic nitrogens is 6. The molecule has 1 aliphatic rings. The van der Waals surface area contributed by atoms with Gasteiger partial charge >= 0.3 is 0 Å². The molecule has 0 spiro atoms. The van der Waals surface area contributed by atoms with Gasteiger partial charge in [0.25, 0.3) is 0 Å². The van der Waals surface area contributed by atoms with Crippen LogP contribution in [-0.4, -0.2) is 47.1 Å². The van der Waals surface area contributed by atoms with E-state index >= 15 is 0 Å². The first kappa shape index (κ1) is 18.3. The minimum atomic E-state index is 0.247. The van der Waals surface area contributed by atoms with E-state index in [-0.39, 0.29) is 6.61 Å². The van der Waals surface area contributed by atoms with Gasteiger partial charge in [-0.2, -0.15) is 5.10 Å². The van der Waals surface area contributed by atoms with Gasteiger partial charge in [-0.25, -0.2) is 15.0 Å². The summed E-state index contributed by atoms with van der Waals surface area (Å²) in [5.74, 6) is 2.57. The lowest BCUT2D eigenvalue weighted by atomic mass is 9.81. The highest BCUT2D eigenvalue weighted by Crippen LogP contribution is 2.41. The van der Waals surface area contributed by atoms with Crippen molar-refractivity contribution < 1.29 is 5.11 Å². The zero-order valence-electron chi connectivity index (χ0n) is 16.6.